The van der Waals surface area contributed by atoms with Gasteiger partial charge in [-0.15, -0.1) is 0 Å². The predicted octanol–water partition coefficient (Wildman–Crippen LogP) is 2.69. The van der Waals surface area contributed by atoms with Crippen LogP contribution in [0.25, 0.3) is 0 Å². The molecule has 0 aliphatic carbocycles. The summed E-state index contributed by atoms with van der Waals surface area (Å²) in [6.45, 7) is 0. The number of nitrogens with one attached hydrogen (secondary N) is 1. The number of halogens is 1. The lowest BCUT2D eigenvalue weighted by molar-refractivity contribution is 0.0940. The summed E-state index contributed by atoms with van der Waals surface area (Å²) in [6, 6.07) is 12.6. The number of carbonyl (C=O) groups excluding carboxylic acids is 1. The van der Waals surface area contributed by atoms with Crippen molar-refractivity contribution in [2.75, 3.05) is 12.0 Å². The largest absolute Gasteiger partial charge is 0.344 e. The summed E-state index contributed by atoms with van der Waals surface area (Å²) >= 11 is 3.24. The van der Waals surface area contributed by atoms with Crippen molar-refractivity contribution in [2.24, 2.45) is 0 Å². The van der Waals surface area contributed by atoms with Crippen LogP contribution in [0.3, 0.4) is 0 Å². The van der Waals surface area contributed by atoms with Gasteiger partial charge in [0.15, 0.2) is 0 Å². The normalized spacial score (nSPS) is 13.4. The molecule has 1 heterocycles. The number of nitrogens with zero attached hydrogens (tertiary/aromatic N) is 1. The van der Waals surface area contributed by atoms with Crippen LogP contribution < -0.4 is 5.32 Å². The molecule has 110 valence electrons. The molecule has 0 radical (unpaired) electrons. The van der Waals surface area contributed by atoms with Gasteiger partial charge in [0.25, 0.3) is 5.91 Å². The van der Waals surface area contributed by atoms with Gasteiger partial charge in [-0.25, -0.2) is 4.98 Å². The second-order valence-electron chi connectivity index (χ2n) is 4.54. The third-order valence-corrected chi connectivity index (χ3v) is 4.13. The first-order chi connectivity index (χ1) is 10.1. The van der Waals surface area contributed by atoms with E-state index in [9.17, 15) is 9.00 Å². The Morgan fingerprint density at radius 1 is 1.33 bits per heavy atom. The van der Waals surface area contributed by atoms with Gasteiger partial charge < -0.3 is 5.32 Å². The Labute approximate surface area is 134 Å². The van der Waals surface area contributed by atoms with Gasteiger partial charge in [0.1, 0.15) is 4.60 Å². The molecular formula is C15H15BrN2O2S. The lowest BCUT2D eigenvalue weighted by Gasteiger charge is -2.18. The molecule has 0 spiro atoms. The van der Waals surface area contributed by atoms with Crippen molar-refractivity contribution in [1.29, 1.82) is 0 Å². The number of aromatic nitrogens is 1. The highest BCUT2D eigenvalue weighted by atomic mass is 79.9. The summed E-state index contributed by atoms with van der Waals surface area (Å²) in [5.41, 5.74) is 1.45. The summed E-state index contributed by atoms with van der Waals surface area (Å²) in [5, 5.41) is 2.93. The standard InChI is InChI=1S/C15H15BrN2O2S/c1-21(20)10-13(11-5-3-2-4-6-11)18-15(19)12-7-8-17-14(16)9-12/h2-9,13H,10H2,1H3,(H,18,19)/t13-,21+/m1/s1. The first kappa shape index (κ1) is 15.9. The molecule has 2 aromatic rings. The van der Waals surface area contributed by atoms with E-state index in [0.29, 0.717) is 15.9 Å². The predicted molar refractivity (Wildman–Crippen MR) is 87.5 cm³/mol. The third-order valence-electron chi connectivity index (χ3n) is 2.90. The topological polar surface area (TPSA) is 59.1 Å². The maximum atomic E-state index is 12.3. The quantitative estimate of drug-likeness (QED) is 0.827. The number of hydrogen-bond donors (Lipinski definition) is 1. The number of benzene rings is 1. The molecule has 0 fully saturated rings. The second-order valence-corrected chi connectivity index (χ2v) is 6.84. The molecule has 0 bridgehead atoms. The lowest BCUT2D eigenvalue weighted by Crippen LogP contribution is -2.31. The summed E-state index contributed by atoms with van der Waals surface area (Å²) in [6.07, 6.45) is 3.19. The minimum Gasteiger partial charge on any atom is -0.344 e. The van der Waals surface area contributed by atoms with E-state index in [2.05, 4.69) is 26.2 Å². The van der Waals surface area contributed by atoms with E-state index in [1.54, 1.807) is 24.6 Å². The average molecular weight is 367 g/mol. The van der Waals surface area contributed by atoms with Gasteiger partial charge in [0.2, 0.25) is 0 Å². The minimum absolute atomic E-state index is 0.211. The zero-order valence-electron chi connectivity index (χ0n) is 11.5. The van der Waals surface area contributed by atoms with Gasteiger partial charge >= 0.3 is 0 Å². The third kappa shape index (κ3) is 4.75. The summed E-state index contributed by atoms with van der Waals surface area (Å²) in [7, 11) is -1.01. The number of hydrogen-bond acceptors (Lipinski definition) is 3. The SMILES string of the molecule is C[S@](=O)C[C@@H](NC(=O)c1ccnc(Br)c1)c1ccccc1. The van der Waals surface area contributed by atoms with Gasteiger partial charge in [-0.3, -0.25) is 9.00 Å². The molecular weight excluding hydrogens is 352 g/mol. The van der Waals surface area contributed by atoms with Crippen molar-refractivity contribution in [3.05, 3.63) is 64.4 Å². The fourth-order valence-electron chi connectivity index (χ4n) is 1.93. The van der Waals surface area contributed by atoms with Crippen molar-refractivity contribution in [1.82, 2.24) is 10.3 Å². The van der Waals surface area contributed by atoms with Crippen molar-refractivity contribution in [3.8, 4) is 0 Å². The Kier molecular flexibility index (Phi) is 5.64. The zero-order valence-corrected chi connectivity index (χ0v) is 13.9. The average Bonchev–Trinajstić information content (AvgIpc) is 2.47. The van der Waals surface area contributed by atoms with Crippen molar-refractivity contribution >= 4 is 32.6 Å². The van der Waals surface area contributed by atoms with E-state index in [1.807, 2.05) is 30.3 Å². The van der Waals surface area contributed by atoms with E-state index in [0.717, 1.165) is 5.56 Å². The fraction of sp³-hybridized carbons (Fsp3) is 0.200. The van der Waals surface area contributed by atoms with E-state index >= 15 is 0 Å². The Morgan fingerprint density at radius 3 is 2.67 bits per heavy atom. The molecule has 0 saturated heterocycles. The van der Waals surface area contributed by atoms with Gasteiger partial charge in [0.05, 0.1) is 6.04 Å². The summed E-state index contributed by atoms with van der Waals surface area (Å²) < 4.78 is 12.1. The van der Waals surface area contributed by atoms with Gasteiger partial charge in [0, 0.05) is 34.6 Å². The molecule has 0 unspecified atom stereocenters. The number of pyridine rings is 1. The summed E-state index contributed by atoms with van der Waals surface area (Å²) in [4.78, 5) is 16.3. The molecule has 1 aromatic heterocycles. The molecule has 2 rings (SSSR count). The van der Waals surface area contributed by atoms with Crippen molar-refractivity contribution < 1.29 is 9.00 Å². The van der Waals surface area contributed by atoms with Gasteiger partial charge in [-0.1, -0.05) is 30.3 Å². The summed E-state index contributed by atoms with van der Waals surface area (Å²) in [5.74, 6) is 0.166. The van der Waals surface area contributed by atoms with Crippen LogP contribution in [0.2, 0.25) is 0 Å². The molecule has 0 aliphatic heterocycles. The zero-order chi connectivity index (χ0) is 15.2. The maximum absolute atomic E-state index is 12.3. The van der Waals surface area contributed by atoms with Crippen LogP contribution in [0.4, 0.5) is 0 Å². The van der Waals surface area contributed by atoms with E-state index in [1.165, 1.54) is 0 Å². The van der Waals surface area contributed by atoms with Crippen LogP contribution in [-0.2, 0) is 10.8 Å². The highest BCUT2D eigenvalue weighted by molar-refractivity contribution is 9.10. The molecule has 1 amide bonds. The Hall–Kier alpha value is -1.53. The maximum Gasteiger partial charge on any atom is 0.251 e. The van der Waals surface area contributed by atoms with E-state index < -0.39 is 10.8 Å². The van der Waals surface area contributed by atoms with Crippen molar-refractivity contribution in [3.63, 3.8) is 0 Å². The molecule has 21 heavy (non-hydrogen) atoms. The number of amides is 1. The monoisotopic (exact) mass is 366 g/mol. The van der Waals surface area contributed by atoms with Gasteiger partial charge in [-0.05, 0) is 33.6 Å². The molecule has 6 heteroatoms. The lowest BCUT2D eigenvalue weighted by atomic mass is 10.1. The van der Waals surface area contributed by atoms with Crippen LogP contribution >= 0.6 is 15.9 Å². The van der Waals surface area contributed by atoms with Crippen molar-refractivity contribution in [2.45, 2.75) is 6.04 Å². The molecule has 1 N–H and O–H groups in total. The van der Waals surface area contributed by atoms with E-state index in [4.69, 9.17) is 0 Å². The highest BCUT2D eigenvalue weighted by Crippen LogP contribution is 2.15. The molecule has 2 atom stereocenters. The first-order valence-electron chi connectivity index (χ1n) is 6.33. The first-order valence-corrected chi connectivity index (χ1v) is 8.85. The Bertz CT molecular complexity index is 649. The van der Waals surface area contributed by atoms with Gasteiger partial charge in [-0.2, -0.15) is 0 Å². The minimum atomic E-state index is -1.01. The second kappa shape index (κ2) is 7.47. The number of rotatable bonds is 5. The number of carbonyl (C=O) groups is 1. The van der Waals surface area contributed by atoms with Crippen LogP contribution in [0.5, 0.6) is 0 Å². The highest BCUT2D eigenvalue weighted by Gasteiger charge is 2.17. The molecule has 1 aromatic carbocycles. The Morgan fingerprint density at radius 2 is 2.05 bits per heavy atom. The molecule has 0 saturated carbocycles. The fourth-order valence-corrected chi connectivity index (χ4v) is 3.04. The Balaban J connectivity index is 2.19. The van der Waals surface area contributed by atoms with E-state index in [-0.39, 0.29) is 11.9 Å². The molecule has 0 aliphatic rings. The van der Waals surface area contributed by atoms with Crippen LogP contribution in [0, 0.1) is 0 Å². The van der Waals surface area contributed by atoms with Crippen LogP contribution in [-0.4, -0.2) is 27.1 Å². The smallest absolute Gasteiger partial charge is 0.251 e. The molecule has 4 nitrogen and oxygen atoms in total. The van der Waals surface area contributed by atoms with Crippen LogP contribution in [0.1, 0.15) is 22.0 Å². The van der Waals surface area contributed by atoms with Crippen LogP contribution in [0.15, 0.2) is 53.3 Å².